The lowest BCUT2D eigenvalue weighted by molar-refractivity contribution is 0.0935. The van der Waals surface area contributed by atoms with E-state index < -0.39 is 44.3 Å². The highest BCUT2D eigenvalue weighted by atomic mass is 32.2. The summed E-state index contributed by atoms with van der Waals surface area (Å²) in [6.07, 6.45) is 0.702. The van der Waals surface area contributed by atoms with Crippen molar-refractivity contribution in [2.75, 3.05) is 20.3 Å². The van der Waals surface area contributed by atoms with E-state index in [2.05, 4.69) is 9.97 Å². The maximum absolute atomic E-state index is 14.1. The highest BCUT2D eigenvalue weighted by Gasteiger charge is 2.35. The van der Waals surface area contributed by atoms with Gasteiger partial charge in [0.15, 0.2) is 4.90 Å². The zero-order valence-electron chi connectivity index (χ0n) is 22.0. The van der Waals surface area contributed by atoms with Crippen molar-refractivity contribution in [1.29, 1.82) is 0 Å². The summed E-state index contributed by atoms with van der Waals surface area (Å²) < 4.78 is 53.5. The molecule has 40 heavy (non-hydrogen) atoms. The Morgan fingerprint density at radius 3 is 2.45 bits per heavy atom. The van der Waals surface area contributed by atoms with Crippen molar-refractivity contribution in [2.24, 2.45) is 0 Å². The van der Waals surface area contributed by atoms with E-state index in [1.807, 2.05) is 18.2 Å². The zero-order chi connectivity index (χ0) is 28.4. The predicted molar refractivity (Wildman–Crippen MR) is 144 cm³/mol. The van der Waals surface area contributed by atoms with Gasteiger partial charge in [-0.2, -0.15) is 9.37 Å². The maximum Gasteiger partial charge on any atom is 0.277 e. The van der Waals surface area contributed by atoms with Gasteiger partial charge in [0.05, 0.1) is 17.5 Å². The molecule has 0 amide bonds. The zero-order valence-corrected chi connectivity index (χ0v) is 22.8. The van der Waals surface area contributed by atoms with Gasteiger partial charge in [-0.1, -0.05) is 42.5 Å². The molecule has 0 radical (unpaired) electrons. The molecule has 2 aromatic heterocycles. The van der Waals surface area contributed by atoms with E-state index in [1.54, 1.807) is 25.1 Å². The largest absolute Gasteiger partial charge is 0.492 e. The van der Waals surface area contributed by atoms with Crippen LogP contribution in [0.3, 0.4) is 0 Å². The van der Waals surface area contributed by atoms with Crippen molar-refractivity contribution in [3.05, 3.63) is 100 Å². The number of sulfone groups is 1. The van der Waals surface area contributed by atoms with Gasteiger partial charge in [-0.15, -0.1) is 0 Å². The Labute approximate surface area is 230 Å². The highest BCUT2D eigenvalue weighted by Crippen LogP contribution is 2.34. The van der Waals surface area contributed by atoms with Crippen molar-refractivity contribution in [1.82, 2.24) is 14.5 Å². The Morgan fingerprint density at radius 1 is 1.10 bits per heavy atom. The third kappa shape index (κ3) is 5.15. The predicted octanol–water partition coefficient (Wildman–Crippen LogP) is 4.38. The van der Waals surface area contributed by atoms with E-state index in [4.69, 9.17) is 9.47 Å². The van der Waals surface area contributed by atoms with Gasteiger partial charge in [0.1, 0.15) is 11.9 Å². The normalized spacial score (nSPS) is 16.2. The molecule has 5 rings (SSSR count). The van der Waals surface area contributed by atoms with Crippen LogP contribution in [0.15, 0.2) is 81.3 Å². The third-order valence-electron chi connectivity index (χ3n) is 6.92. The van der Waals surface area contributed by atoms with Crippen LogP contribution < -0.4 is 5.56 Å². The lowest BCUT2D eigenvalue weighted by atomic mass is 10.1. The number of rotatable bonds is 8. The molecule has 9 nitrogen and oxygen atoms in total. The summed E-state index contributed by atoms with van der Waals surface area (Å²) >= 11 is 0. The molecule has 1 fully saturated rings. The van der Waals surface area contributed by atoms with Crippen LogP contribution in [0.1, 0.15) is 42.1 Å². The molecule has 11 heteroatoms. The molecule has 1 aliphatic heterocycles. The van der Waals surface area contributed by atoms with Crippen molar-refractivity contribution in [2.45, 2.75) is 41.7 Å². The Kier molecular flexibility index (Phi) is 7.79. The second-order valence-corrected chi connectivity index (χ2v) is 11.4. The van der Waals surface area contributed by atoms with Gasteiger partial charge >= 0.3 is 0 Å². The van der Waals surface area contributed by atoms with Crippen LogP contribution in [-0.2, 0) is 19.3 Å². The minimum absolute atomic E-state index is 0.0509. The van der Waals surface area contributed by atoms with E-state index in [-0.39, 0.29) is 17.3 Å². The molecule has 1 unspecified atom stereocenters. The summed E-state index contributed by atoms with van der Waals surface area (Å²) in [6.45, 7) is 2.15. The van der Waals surface area contributed by atoms with Gasteiger partial charge < -0.3 is 14.6 Å². The Bertz CT molecular complexity index is 1690. The number of hydrogen-bond acceptors (Lipinski definition) is 8. The molecule has 2 aromatic carbocycles. The first-order valence-electron chi connectivity index (χ1n) is 12.7. The average Bonchev–Trinajstić information content (AvgIpc) is 3.47. The van der Waals surface area contributed by atoms with Gasteiger partial charge in [0.2, 0.25) is 21.7 Å². The standard InChI is InChI=1S/C29H28FN3O6S/c1-18-22(14-15-25(30)31-18)19-10-12-21(13-11-19)40(36,37)26-28(34)32-27(24-9-6-16-39-24)33(29(26)35)23(17-38-2)20-7-4-3-5-8-20/h3-5,7-8,10-15,23-24,34H,6,9,16-17H2,1-2H3/t23-,24?/m0/s1. The van der Waals surface area contributed by atoms with E-state index in [1.165, 1.54) is 42.0 Å². The third-order valence-corrected chi connectivity index (χ3v) is 8.71. The number of benzene rings is 2. The minimum atomic E-state index is -4.51. The van der Waals surface area contributed by atoms with Gasteiger partial charge in [-0.3, -0.25) is 9.36 Å². The number of ether oxygens (including phenoxy) is 2. The summed E-state index contributed by atoms with van der Waals surface area (Å²) in [5.74, 6) is -1.37. The fourth-order valence-corrected chi connectivity index (χ4v) is 6.33. The van der Waals surface area contributed by atoms with Crippen LogP contribution in [0.2, 0.25) is 0 Å². The van der Waals surface area contributed by atoms with E-state index in [0.29, 0.717) is 35.4 Å². The number of nitrogens with zero attached hydrogens (tertiary/aromatic N) is 3. The maximum atomic E-state index is 14.1. The SMILES string of the molecule is COC[C@@H](c1ccccc1)n1c(C2CCCO2)nc(O)c(S(=O)(=O)c2ccc(-c3ccc(F)nc3C)cc2)c1=O. The van der Waals surface area contributed by atoms with Crippen LogP contribution in [0, 0.1) is 12.9 Å². The molecule has 1 aliphatic rings. The molecule has 2 atom stereocenters. The lowest BCUT2D eigenvalue weighted by Crippen LogP contribution is -2.36. The Balaban J connectivity index is 1.66. The van der Waals surface area contributed by atoms with E-state index in [0.717, 1.165) is 6.42 Å². The second kappa shape index (κ2) is 11.3. The van der Waals surface area contributed by atoms with Crippen LogP contribution in [0.5, 0.6) is 5.88 Å². The van der Waals surface area contributed by atoms with E-state index in [9.17, 15) is 22.7 Å². The number of methoxy groups -OCH3 is 1. The van der Waals surface area contributed by atoms with Gasteiger partial charge in [-0.25, -0.2) is 13.4 Å². The molecule has 3 heterocycles. The smallest absolute Gasteiger partial charge is 0.277 e. The number of hydrogen-bond donors (Lipinski definition) is 1. The van der Waals surface area contributed by atoms with Gasteiger partial charge in [0, 0.05) is 25.0 Å². The van der Waals surface area contributed by atoms with Crippen LogP contribution >= 0.6 is 0 Å². The van der Waals surface area contributed by atoms with E-state index >= 15 is 0 Å². The topological polar surface area (TPSA) is 121 Å². The molecule has 1 saturated heterocycles. The summed E-state index contributed by atoms with van der Waals surface area (Å²) in [6, 6.07) is 16.8. The number of aryl methyl sites for hydroxylation is 1. The molecule has 0 bridgehead atoms. The second-order valence-electron chi connectivity index (χ2n) is 9.48. The first kappa shape index (κ1) is 27.6. The number of aromatic hydroxyl groups is 1. The molecule has 0 saturated carbocycles. The van der Waals surface area contributed by atoms with Gasteiger partial charge in [-0.05, 0) is 55.2 Å². The fourth-order valence-electron chi connectivity index (χ4n) is 4.99. The lowest BCUT2D eigenvalue weighted by Gasteiger charge is -2.25. The molecule has 0 spiro atoms. The molecule has 208 valence electrons. The summed E-state index contributed by atoms with van der Waals surface area (Å²) in [4.78, 5) is 21.1. The first-order valence-corrected chi connectivity index (χ1v) is 14.2. The monoisotopic (exact) mass is 565 g/mol. The molecule has 0 aliphatic carbocycles. The summed E-state index contributed by atoms with van der Waals surface area (Å²) in [5.41, 5.74) is 1.46. The number of aromatic nitrogens is 3. The molecule has 1 N–H and O–H groups in total. The van der Waals surface area contributed by atoms with Crippen molar-refractivity contribution >= 4 is 9.84 Å². The van der Waals surface area contributed by atoms with Crippen LogP contribution in [0.4, 0.5) is 4.39 Å². The fraction of sp³-hybridized carbons (Fsp3) is 0.276. The first-order chi connectivity index (χ1) is 19.2. The quantitative estimate of drug-likeness (QED) is 0.313. The number of pyridine rings is 1. The van der Waals surface area contributed by atoms with Crippen LogP contribution in [-0.4, -0.2) is 48.4 Å². The average molecular weight is 566 g/mol. The highest BCUT2D eigenvalue weighted by molar-refractivity contribution is 7.91. The molecular formula is C29H28FN3O6S. The van der Waals surface area contributed by atoms with Crippen LogP contribution in [0.25, 0.3) is 11.1 Å². The minimum Gasteiger partial charge on any atom is -0.492 e. The summed E-state index contributed by atoms with van der Waals surface area (Å²) in [5, 5.41) is 10.9. The molecule has 4 aromatic rings. The van der Waals surface area contributed by atoms with Crippen molar-refractivity contribution in [3.8, 4) is 17.0 Å². The van der Waals surface area contributed by atoms with Gasteiger partial charge in [0.25, 0.3) is 5.56 Å². The Hall–Kier alpha value is -3.93. The summed E-state index contributed by atoms with van der Waals surface area (Å²) in [7, 11) is -3.03. The molecular weight excluding hydrogens is 537 g/mol. The van der Waals surface area contributed by atoms with Crippen molar-refractivity contribution < 1.29 is 27.4 Å². The number of halogens is 1. The Morgan fingerprint density at radius 2 is 1.82 bits per heavy atom. The van der Waals surface area contributed by atoms with Crippen molar-refractivity contribution in [3.63, 3.8) is 0 Å².